The summed E-state index contributed by atoms with van der Waals surface area (Å²) in [4.78, 5) is 16.1. The van der Waals surface area contributed by atoms with E-state index in [-0.39, 0.29) is 10.8 Å². The van der Waals surface area contributed by atoms with Crippen LogP contribution in [0, 0.1) is 0 Å². The van der Waals surface area contributed by atoms with Crippen molar-refractivity contribution in [3.8, 4) is 0 Å². The lowest BCUT2D eigenvalue weighted by Gasteiger charge is -2.43. The summed E-state index contributed by atoms with van der Waals surface area (Å²) in [6.45, 7) is 0.670. The molecule has 2 heterocycles. The molecule has 1 atom stereocenters. The van der Waals surface area contributed by atoms with Crippen LogP contribution in [-0.4, -0.2) is 10.8 Å². The minimum Gasteiger partial charge on any atom is -0.315 e. The number of rotatable bonds is 2. The van der Waals surface area contributed by atoms with Crippen molar-refractivity contribution in [2.24, 2.45) is 0 Å². The first-order valence-corrected chi connectivity index (χ1v) is 9.32. The van der Waals surface area contributed by atoms with Crippen molar-refractivity contribution in [3.63, 3.8) is 0 Å². The lowest BCUT2D eigenvalue weighted by Crippen LogP contribution is -2.44. The molecule has 1 unspecified atom stereocenters. The molecule has 25 heavy (non-hydrogen) atoms. The summed E-state index contributed by atoms with van der Waals surface area (Å²) in [6, 6.07) is 27.0. The highest BCUT2D eigenvalue weighted by molar-refractivity contribution is 8.00. The Bertz CT molecular complexity index is 969. The van der Waals surface area contributed by atoms with Crippen molar-refractivity contribution < 1.29 is 4.79 Å². The van der Waals surface area contributed by atoms with Crippen LogP contribution in [0.5, 0.6) is 0 Å². The summed E-state index contributed by atoms with van der Waals surface area (Å²) >= 11 is 1.82. The SMILES string of the molecule is O=C1c2ccccc2C2(Cc3ccccc3)Sc3ccccc3CN12. The van der Waals surface area contributed by atoms with E-state index in [2.05, 4.69) is 59.5 Å². The van der Waals surface area contributed by atoms with Crippen molar-refractivity contribution in [1.29, 1.82) is 0 Å². The van der Waals surface area contributed by atoms with Gasteiger partial charge in [0.1, 0.15) is 4.87 Å². The smallest absolute Gasteiger partial charge is 0.255 e. The fourth-order valence-electron chi connectivity index (χ4n) is 3.96. The van der Waals surface area contributed by atoms with Crippen molar-refractivity contribution in [2.45, 2.75) is 22.7 Å². The zero-order valence-corrected chi connectivity index (χ0v) is 14.5. The molecule has 0 aromatic heterocycles. The minimum atomic E-state index is -0.358. The van der Waals surface area contributed by atoms with Crippen LogP contribution in [-0.2, 0) is 17.8 Å². The van der Waals surface area contributed by atoms with Crippen LogP contribution in [0.2, 0.25) is 0 Å². The molecule has 0 N–H and O–H groups in total. The molecule has 2 aliphatic heterocycles. The zero-order valence-electron chi connectivity index (χ0n) is 13.7. The van der Waals surface area contributed by atoms with Crippen molar-refractivity contribution in [3.05, 3.63) is 101 Å². The van der Waals surface area contributed by atoms with Gasteiger partial charge in [0.15, 0.2) is 0 Å². The Morgan fingerprint density at radius 3 is 2.48 bits per heavy atom. The first kappa shape index (κ1) is 14.8. The van der Waals surface area contributed by atoms with Gasteiger partial charge >= 0.3 is 0 Å². The van der Waals surface area contributed by atoms with Crippen LogP contribution >= 0.6 is 11.8 Å². The maximum atomic E-state index is 13.1. The molecular weight excluding hydrogens is 326 g/mol. The molecule has 5 rings (SSSR count). The van der Waals surface area contributed by atoms with Gasteiger partial charge in [-0.25, -0.2) is 0 Å². The summed E-state index contributed by atoms with van der Waals surface area (Å²) in [5, 5.41) is 0. The number of hydrogen-bond donors (Lipinski definition) is 0. The molecule has 0 fully saturated rings. The Morgan fingerprint density at radius 1 is 0.880 bits per heavy atom. The summed E-state index contributed by atoms with van der Waals surface area (Å²) in [6.07, 6.45) is 0.815. The Balaban J connectivity index is 1.71. The number of amides is 1. The number of benzene rings is 3. The summed E-state index contributed by atoms with van der Waals surface area (Å²) in [5.74, 6) is 0.147. The highest BCUT2D eigenvalue weighted by atomic mass is 32.2. The van der Waals surface area contributed by atoms with E-state index in [0.717, 1.165) is 17.5 Å². The van der Waals surface area contributed by atoms with E-state index in [4.69, 9.17) is 0 Å². The van der Waals surface area contributed by atoms with E-state index >= 15 is 0 Å². The summed E-state index contributed by atoms with van der Waals surface area (Å²) < 4.78 is 0. The molecule has 3 aromatic rings. The van der Waals surface area contributed by atoms with Crippen LogP contribution in [0.3, 0.4) is 0 Å². The Kier molecular flexibility index (Phi) is 3.25. The molecule has 0 saturated carbocycles. The largest absolute Gasteiger partial charge is 0.315 e. The normalized spacial score (nSPS) is 20.8. The molecule has 0 bridgehead atoms. The van der Waals surface area contributed by atoms with Crippen LogP contribution < -0.4 is 0 Å². The van der Waals surface area contributed by atoms with Gasteiger partial charge in [0.2, 0.25) is 0 Å². The molecule has 2 nitrogen and oxygen atoms in total. The fourth-order valence-corrected chi connectivity index (χ4v) is 5.52. The van der Waals surface area contributed by atoms with E-state index in [1.54, 1.807) is 0 Å². The van der Waals surface area contributed by atoms with Gasteiger partial charge in [-0.1, -0.05) is 78.5 Å². The Hall–Kier alpha value is -2.52. The van der Waals surface area contributed by atoms with E-state index < -0.39 is 0 Å². The number of fused-ring (bicyclic) bond motifs is 4. The molecule has 0 saturated heterocycles. The average molecular weight is 343 g/mol. The van der Waals surface area contributed by atoms with Crippen molar-refractivity contribution in [1.82, 2.24) is 4.90 Å². The van der Waals surface area contributed by atoms with Gasteiger partial charge in [-0.3, -0.25) is 4.79 Å². The lowest BCUT2D eigenvalue weighted by atomic mass is 9.97. The third-order valence-electron chi connectivity index (χ3n) is 5.13. The topological polar surface area (TPSA) is 20.3 Å². The maximum Gasteiger partial charge on any atom is 0.255 e. The van der Waals surface area contributed by atoms with E-state index in [9.17, 15) is 4.79 Å². The van der Waals surface area contributed by atoms with E-state index in [1.165, 1.54) is 16.0 Å². The van der Waals surface area contributed by atoms with Crippen molar-refractivity contribution >= 4 is 17.7 Å². The third kappa shape index (κ3) is 2.16. The maximum absolute atomic E-state index is 13.1. The van der Waals surface area contributed by atoms with Crippen molar-refractivity contribution in [2.75, 3.05) is 0 Å². The quantitative estimate of drug-likeness (QED) is 0.663. The number of hydrogen-bond acceptors (Lipinski definition) is 2. The number of carbonyl (C=O) groups excluding carboxylic acids is 1. The number of carbonyl (C=O) groups is 1. The summed E-state index contributed by atoms with van der Waals surface area (Å²) in [5.41, 5.74) is 4.48. The predicted molar refractivity (Wildman–Crippen MR) is 100 cm³/mol. The second-order valence-electron chi connectivity index (χ2n) is 6.59. The zero-order chi connectivity index (χ0) is 16.9. The van der Waals surface area contributed by atoms with Gasteiger partial charge in [-0.05, 0) is 23.3 Å². The van der Waals surface area contributed by atoms with Gasteiger partial charge in [-0.2, -0.15) is 0 Å². The first-order chi connectivity index (χ1) is 12.3. The molecule has 0 spiro atoms. The number of thioether (sulfide) groups is 1. The van der Waals surface area contributed by atoms with E-state index in [0.29, 0.717) is 6.54 Å². The second-order valence-corrected chi connectivity index (χ2v) is 7.91. The lowest BCUT2D eigenvalue weighted by molar-refractivity contribution is 0.0662. The molecule has 0 aliphatic carbocycles. The fraction of sp³-hybridized carbons (Fsp3) is 0.136. The van der Waals surface area contributed by atoms with Gasteiger partial charge in [0.25, 0.3) is 5.91 Å². The molecule has 122 valence electrons. The predicted octanol–water partition coefficient (Wildman–Crippen LogP) is 4.84. The van der Waals surface area contributed by atoms with Crippen LogP contribution in [0.25, 0.3) is 0 Å². The monoisotopic (exact) mass is 343 g/mol. The molecule has 3 heteroatoms. The summed E-state index contributed by atoms with van der Waals surface area (Å²) in [7, 11) is 0. The molecular formula is C22H17NOS. The highest BCUT2D eigenvalue weighted by Gasteiger charge is 2.52. The van der Waals surface area contributed by atoms with Crippen LogP contribution in [0.4, 0.5) is 0 Å². The average Bonchev–Trinajstić information content (AvgIpc) is 2.90. The standard InChI is InChI=1S/C22H17NOS/c24-21-18-11-5-6-12-19(18)22(14-16-8-2-1-3-9-16)23(21)15-17-10-4-7-13-20(17)25-22/h1-13H,14-15H2. The van der Waals surface area contributed by atoms with Crippen LogP contribution in [0.1, 0.15) is 27.0 Å². The first-order valence-electron chi connectivity index (χ1n) is 8.50. The Morgan fingerprint density at radius 2 is 1.60 bits per heavy atom. The van der Waals surface area contributed by atoms with Gasteiger partial charge in [-0.15, -0.1) is 0 Å². The number of nitrogens with zero attached hydrogens (tertiary/aromatic N) is 1. The van der Waals surface area contributed by atoms with Gasteiger partial charge in [0.05, 0.1) is 0 Å². The highest BCUT2D eigenvalue weighted by Crippen LogP contribution is 2.56. The Labute approximate surface area is 151 Å². The molecule has 3 aromatic carbocycles. The van der Waals surface area contributed by atoms with Crippen LogP contribution in [0.15, 0.2) is 83.8 Å². The van der Waals surface area contributed by atoms with Gasteiger partial charge in [0, 0.05) is 29.0 Å². The molecule has 2 aliphatic rings. The van der Waals surface area contributed by atoms with E-state index in [1.807, 2.05) is 36.0 Å². The molecule has 1 amide bonds. The second kappa shape index (κ2) is 5.50. The van der Waals surface area contributed by atoms with Gasteiger partial charge < -0.3 is 4.90 Å². The third-order valence-corrected chi connectivity index (χ3v) is 6.67. The minimum absolute atomic E-state index is 0.147. The molecule has 0 radical (unpaired) electrons.